The highest BCUT2D eigenvalue weighted by molar-refractivity contribution is 6.02. The number of carbonyl (C=O) groups excluding carboxylic acids is 2. The summed E-state index contributed by atoms with van der Waals surface area (Å²) >= 11 is 0. The summed E-state index contributed by atoms with van der Waals surface area (Å²) in [6.07, 6.45) is 0. The molecule has 3 aromatic carbocycles. The lowest BCUT2D eigenvalue weighted by atomic mass is 9.83. The molecule has 0 aliphatic carbocycles. The Bertz CT molecular complexity index is 1330. The molecule has 0 radical (unpaired) electrons. The van der Waals surface area contributed by atoms with E-state index in [-0.39, 0.29) is 30.2 Å². The Morgan fingerprint density at radius 3 is 2.32 bits per heavy atom. The minimum atomic E-state index is -0.651. The second-order valence-corrected chi connectivity index (χ2v) is 8.83. The van der Waals surface area contributed by atoms with Gasteiger partial charge in [-0.05, 0) is 48.9 Å². The van der Waals surface area contributed by atoms with E-state index in [2.05, 4.69) is 10.9 Å². The Balaban J connectivity index is 1.61. The number of nitrogens with one attached hydrogen (secondary N) is 2. The monoisotopic (exact) mass is 502 g/mol. The van der Waals surface area contributed by atoms with Crippen LogP contribution in [0.15, 0.2) is 72.8 Å². The number of esters is 1. The number of nitro benzene ring substituents is 1. The van der Waals surface area contributed by atoms with Crippen molar-refractivity contribution in [3.63, 3.8) is 0 Å². The van der Waals surface area contributed by atoms with Crippen LogP contribution < -0.4 is 20.5 Å². The molecule has 2 aliphatic heterocycles. The molecule has 190 valence electrons. The topological polar surface area (TPSA) is 123 Å². The highest BCUT2D eigenvalue weighted by Crippen LogP contribution is 2.50. The van der Waals surface area contributed by atoms with Gasteiger partial charge in [-0.2, -0.15) is 0 Å². The van der Waals surface area contributed by atoms with Crippen molar-refractivity contribution in [2.45, 2.75) is 25.0 Å². The molecule has 2 saturated heterocycles. The Morgan fingerprint density at radius 2 is 1.68 bits per heavy atom. The van der Waals surface area contributed by atoms with Crippen LogP contribution in [0.4, 0.5) is 11.4 Å². The second-order valence-electron chi connectivity index (χ2n) is 8.83. The molecule has 1 amide bonds. The Labute approximate surface area is 213 Å². The molecule has 2 fully saturated rings. The standard InChI is InChI=1S/C27H26N4O6/c1-3-37-27(33)17-8-12-18(13-9-17)30-25(20-6-4-5-7-21(20)31(34)35)22-23(28-29-24(22)26(30)32)16-10-14-19(36-2)15-11-16/h4-15,22-25,28-29H,3H2,1-2H3. The number of nitrogens with zero attached hydrogens (tertiary/aromatic N) is 2. The first-order valence-electron chi connectivity index (χ1n) is 11.9. The zero-order chi connectivity index (χ0) is 26.1. The number of fused-ring (bicyclic) bond motifs is 1. The number of nitro groups is 1. The third kappa shape index (κ3) is 4.30. The molecule has 37 heavy (non-hydrogen) atoms. The number of para-hydroxylation sites is 1. The molecule has 2 N–H and O–H groups in total. The summed E-state index contributed by atoms with van der Waals surface area (Å²) in [6, 6.07) is 18.9. The van der Waals surface area contributed by atoms with E-state index in [0.717, 1.165) is 5.56 Å². The van der Waals surface area contributed by atoms with Gasteiger partial charge in [0.25, 0.3) is 5.69 Å². The van der Waals surface area contributed by atoms with Crippen LogP contribution in [0.25, 0.3) is 0 Å². The lowest BCUT2D eigenvalue weighted by molar-refractivity contribution is -0.385. The average Bonchev–Trinajstić information content (AvgIpc) is 3.47. The Morgan fingerprint density at radius 1 is 1.00 bits per heavy atom. The quantitative estimate of drug-likeness (QED) is 0.285. The van der Waals surface area contributed by atoms with Crippen LogP contribution in [0.3, 0.4) is 0 Å². The van der Waals surface area contributed by atoms with Gasteiger partial charge >= 0.3 is 5.97 Å². The van der Waals surface area contributed by atoms with Gasteiger partial charge in [-0.25, -0.2) is 15.6 Å². The van der Waals surface area contributed by atoms with E-state index in [0.29, 0.717) is 22.6 Å². The minimum absolute atomic E-state index is 0.0607. The SMILES string of the molecule is CCOC(=O)c1ccc(N2C(=O)C3NNC(c4ccc(OC)cc4)C3C2c2ccccc2[N+](=O)[O-])cc1. The summed E-state index contributed by atoms with van der Waals surface area (Å²) in [5, 5.41) is 12.0. The molecule has 4 atom stereocenters. The minimum Gasteiger partial charge on any atom is -0.497 e. The van der Waals surface area contributed by atoms with Crippen LogP contribution in [-0.4, -0.2) is 36.6 Å². The first-order chi connectivity index (χ1) is 17.9. The van der Waals surface area contributed by atoms with Gasteiger partial charge in [0.05, 0.1) is 41.9 Å². The molecule has 0 aromatic heterocycles. The maximum absolute atomic E-state index is 13.8. The summed E-state index contributed by atoms with van der Waals surface area (Å²) in [7, 11) is 1.59. The van der Waals surface area contributed by atoms with Crippen molar-refractivity contribution in [1.82, 2.24) is 10.9 Å². The maximum atomic E-state index is 13.8. The fourth-order valence-electron chi connectivity index (χ4n) is 5.24. The van der Waals surface area contributed by atoms with Crippen molar-refractivity contribution in [3.05, 3.63) is 99.6 Å². The molecule has 2 heterocycles. The van der Waals surface area contributed by atoms with Gasteiger partial charge in [0.1, 0.15) is 11.8 Å². The van der Waals surface area contributed by atoms with Crippen molar-refractivity contribution >= 4 is 23.3 Å². The predicted octanol–water partition coefficient (Wildman–Crippen LogP) is 3.70. The number of carbonyl (C=O) groups is 2. The Kier molecular flexibility index (Phi) is 6.60. The van der Waals surface area contributed by atoms with Crippen molar-refractivity contribution in [2.75, 3.05) is 18.6 Å². The third-order valence-corrected chi connectivity index (χ3v) is 6.89. The average molecular weight is 503 g/mol. The van der Waals surface area contributed by atoms with Crippen LogP contribution in [0.1, 0.15) is 40.5 Å². The summed E-state index contributed by atoms with van der Waals surface area (Å²) in [5.74, 6) is -0.348. The number of hydrogen-bond donors (Lipinski definition) is 2. The van der Waals surface area contributed by atoms with Crippen molar-refractivity contribution in [3.8, 4) is 5.75 Å². The van der Waals surface area contributed by atoms with Crippen LogP contribution >= 0.6 is 0 Å². The summed E-state index contributed by atoms with van der Waals surface area (Å²) in [4.78, 5) is 39.1. The number of anilines is 1. The normalized spacial score (nSPS) is 22.5. The van der Waals surface area contributed by atoms with Gasteiger partial charge in [-0.1, -0.05) is 30.3 Å². The molecule has 3 aromatic rings. The number of ether oxygens (including phenoxy) is 2. The van der Waals surface area contributed by atoms with Gasteiger partial charge in [-0.15, -0.1) is 0 Å². The van der Waals surface area contributed by atoms with Crippen LogP contribution in [0.5, 0.6) is 5.75 Å². The van der Waals surface area contributed by atoms with E-state index in [1.807, 2.05) is 24.3 Å². The Hall–Kier alpha value is -4.28. The highest BCUT2D eigenvalue weighted by Gasteiger charge is 2.57. The first-order valence-corrected chi connectivity index (χ1v) is 11.9. The van der Waals surface area contributed by atoms with Gasteiger partial charge in [-0.3, -0.25) is 14.9 Å². The van der Waals surface area contributed by atoms with Crippen molar-refractivity contribution in [2.24, 2.45) is 5.92 Å². The smallest absolute Gasteiger partial charge is 0.338 e. The van der Waals surface area contributed by atoms with Gasteiger partial charge in [0.2, 0.25) is 5.91 Å². The van der Waals surface area contributed by atoms with Gasteiger partial charge < -0.3 is 14.4 Å². The lowest BCUT2D eigenvalue weighted by Gasteiger charge is -2.31. The molecule has 10 heteroatoms. The van der Waals surface area contributed by atoms with E-state index in [1.54, 1.807) is 61.4 Å². The molecule has 0 saturated carbocycles. The molecule has 0 bridgehead atoms. The number of methoxy groups -OCH3 is 1. The van der Waals surface area contributed by atoms with Crippen LogP contribution in [0, 0.1) is 16.0 Å². The number of benzene rings is 3. The number of amides is 1. The molecule has 2 aliphatic rings. The third-order valence-electron chi connectivity index (χ3n) is 6.89. The summed E-state index contributed by atoms with van der Waals surface area (Å²) in [5.41, 5.74) is 8.54. The second kappa shape index (κ2) is 10.00. The number of hydrazine groups is 1. The summed E-state index contributed by atoms with van der Waals surface area (Å²) < 4.78 is 10.3. The zero-order valence-electron chi connectivity index (χ0n) is 20.3. The van der Waals surface area contributed by atoms with Crippen LogP contribution in [0.2, 0.25) is 0 Å². The fourth-order valence-corrected chi connectivity index (χ4v) is 5.24. The number of hydrogen-bond acceptors (Lipinski definition) is 8. The molecular formula is C27H26N4O6. The zero-order valence-corrected chi connectivity index (χ0v) is 20.3. The van der Waals surface area contributed by atoms with E-state index in [9.17, 15) is 19.7 Å². The van der Waals surface area contributed by atoms with Gasteiger partial charge in [0.15, 0.2) is 0 Å². The highest BCUT2D eigenvalue weighted by atomic mass is 16.6. The summed E-state index contributed by atoms with van der Waals surface area (Å²) in [6.45, 7) is 1.98. The maximum Gasteiger partial charge on any atom is 0.338 e. The van der Waals surface area contributed by atoms with Crippen LogP contribution in [-0.2, 0) is 9.53 Å². The fraction of sp³-hybridized carbons (Fsp3) is 0.259. The first kappa shape index (κ1) is 24.4. The molecule has 5 rings (SSSR count). The van der Waals surface area contributed by atoms with Crippen molar-refractivity contribution in [1.29, 1.82) is 0 Å². The largest absolute Gasteiger partial charge is 0.497 e. The molecule has 4 unspecified atom stereocenters. The lowest BCUT2D eigenvalue weighted by Crippen LogP contribution is -2.41. The number of rotatable bonds is 7. The van der Waals surface area contributed by atoms with Gasteiger partial charge in [0, 0.05) is 17.7 Å². The van der Waals surface area contributed by atoms with E-state index >= 15 is 0 Å². The van der Waals surface area contributed by atoms with E-state index in [1.165, 1.54) is 6.07 Å². The molecule has 0 spiro atoms. The molecular weight excluding hydrogens is 476 g/mol. The molecule has 10 nitrogen and oxygen atoms in total. The van der Waals surface area contributed by atoms with E-state index in [4.69, 9.17) is 9.47 Å². The van der Waals surface area contributed by atoms with Crippen molar-refractivity contribution < 1.29 is 24.0 Å². The van der Waals surface area contributed by atoms with E-state index < -0.39 is 23.0 Å². The predicted molar refractivity (Wildman–Crippen MR) is 135 cm³/mol.